The molecule has 2 amide bonds. The Balaban J connectivity index is 0.000000379. The number of carbonyl (C=O) groups is 4. The van der Waals surface area contributed by atoms with Crippen LogP contribution in [0.2, 0.25) is 20.1 Å². The molecule has 0 aliphatic rings. The van der Waals surface area contributed by atoms with Crippen LogP contribution >= 0.6 is 98.6 Å². The normalized spacial score (nSPS) is 11.6. The van der Waals surface area contributed by atoms with E-state index >= 15 is 0 Å². The summed E-state index contributed by atoms with van der Waals surface area (Å²) in [5.41, 5.74) is 1.51. The molecule has 6 aromatic carbocycles. The van der Waals surface area contributed by atoms with Crippen molar-refractivity contribution < 1.29 is 68.7 Å². The molecule has 0 spiro atoms. The number of esters is 2. The fourth-order valence-corrected chi connectivity index (χ4v) is 11.3. The maximum atomic E-state index is 14.1. The van der Waals surface area contributed by atoms with Crippen molar-refractivity contribution in [1.82, 2.24) is 9.80 Å². The third-order valence-corrected chi connectivity index (χ3v) is 15.4. The molecule has 8 nitrogen and oxygen atoms in total. The van der Waals surface area contributed by atoms with Crippen LogP contribution in [0, 0.1) is 29.3 Å². The van der Waals surface area contributed by atoms with Gasteiger partial charge in [0.25, 0.3) is 11.8 Å². The quantitative estimate of drug-likeness (QED) is 0.0439. The van der Waals surface area contributed by atoms with Crippen LogP contribution in [0.25, 0.3) is 11.1 Å². The summed E-state index contributed by atoms with van der Waals surface area (Å²) in [6.07, 6.45) is 0.470. The van der Waals surface area contributed by atoms with E-state index in [1.54, 1.807) is 50.4 Å². The summed E-state index contributed by atoms with van der Waals surface area (Å²) in [5, 5.41) is 4.84. The number of benzene rings is 6. The third kappa shape index (κ3) is 22.4. The Hall–Kier alpha value is -5.01. The van der Waals surface area contributed by atoms with Gasteiger partial charge in [-0.15, -0.1) is 40.9 Å². The molecule has 0 saturated carbocycles. The summed E-state index contributed by atoms with van der Waals surface area (Å²) >= 11 is 35.5. The van der Waals surface area contributed by atoms with Crippen LogP contribution in [0.4, 0.5) is 22.3 Å². The number of hydrogen-bond donors (Lipinski definition) is 0. The number of nitrogens with zero attached hydrogens (tertiary/aromatic N) is 2. The van der Waals surface area contributed by atoms with Crippen LogP contribution in [0.1, 0.15) is 84.6 Å². The fraction of sp³-hybridized carbons (Fsp3) is 0.226. The zero-order valence-corrected chi connectivity index (χ0v) is 56.8. The topological polar surface area (TPSA) is 93.2 Å². The van der Waals surface area contributed by atoms with E-state index in [0.29, 0.717) is 32.5 Å². The summed E-state index contributed by atoms with van der Waals surface area (Å²) in [6.45, 7) is 10.9. The first-order valence-electron chi connectivity index (χ1n) is 25.1. The summed E-state index contributed by atoms with van der Waals surface area (Å²) in [5.74, 6) is -4.58. The van der Waals surface area contributed by atoms with Gasteiger partial charge in [0, 0.05) is 56.2 Å². The van der Waals surface area contributed by atoms with E-state index in [2.05, 4.69) is 35.6 Å². The van der Waals surface area contributed by atoms with E-state index < -0.39 is 64.4 Å². The van der Waals surface area contributed by atoms with Gasteiger partial charge in [0.2, 0.25) is 0 Å². The first-order valence-corrected chi connectivity index (χ1v) is 36.2. The molecule has 0 fully saturated rings. The molecule has 0 saturated heterocycles. The van der Waals surface area contributed by atoms with Gasteiger partial charge in [0.1, 0.15) is 34.9 Å². The molecule has 2 aromatic heterocycles. The fourth-order valence-electron chi connectivity index (χ4n) is 7.93. The number of carbonyl (C=O) groups excluding carboxylic acids is 4. The van der Waals surface area contributed by atoms with Crippen LogP contribution < -0.4 is 0 Å². The van der Waals surface area contributed by atoms with E-state index in [0.717, 1.165) is 44.7 Å². The van der Waals surface area contributed by atoms with Gasteiger partial charge in [-0.05, 0) is 151 Å². The van der Waals surface area contributed by atoms with E-state index in [4.69, 9.17) is 55.9 Å². The van der Waals surface area contributed by atoms with Crippen LogP contribution in [0.5, 0.6) is 0 Å². The predicted octanol–water partition coefficient (Wildman–Crippen LogP) is 19.0. The minimum atomic E-state index is -1.04. The zero-order valence-electron chi connectivity index (χ0n) is 46.0. The Labute approximate surface area is 540 Å². The number of rotatable bonds is 15. The first-order chi connectivity index (χ1) is 39.2. The molecule has 0 N–H and O–H groups in total. The van der Waals surface area contributed by atoms with Gasteiger partial charge in [0.05, 0.1) is 34.3 Å². The second-order valence-corrected chi connectivity index (χ2v) is 24.6. The first kappa shape index (κ1) is 71.5. The Morgan fingerprint density at radius 1 is 0.571 bits per heavy atom. The number of thiophene rings is 2. The standard InChI is InChI=1S/C31H27Cl2F2NO3S.C25H24BrCl2NO3S.C6H3F2.BrH.FH.Zn.H2/c1-31(2,3)39-30(38)27(13-19-7-5-4-6-8-19)36(29(37)25-10-9-21(32)16-26(25)33)18-28-24(11-12-40-28)20-14-22(34)17-23(35)15-20;1-25(2,3)32-24(31)21(13-16-7-5-4-6-8-16)29(15-22-19(26)11-12-33-22)23(30)18-10-9-17(27)14-20(18)28;7-5-2-1-3-6(8)4-5;;;;/h4-12,14-17,27H,13,18H2,1-3H3;4-12,14,21H,13,15H2,1-3H3;2-4H;2*1H;;1H/q;;-1;;;+2;/p-1/t27-;21-;;;;;/m00...../s1/i;;;;;;1+2. The van der Waals surface area contributed by atoms with E-state index in [9.17, 15) is 36.7 Å². The average molecular weight is 1450 g/mol. The molecule has 8 rings (SSSR count). The van der Waals surface area contributed by atoms with Crippen molar-refractivity contribution in [3.05, 3.63) is 242 Å². The van der Waals surface area contributed by atoms with Crippen molar-refractivity contribution in [2.75, 3.05) is 0 Å². The predicted molar refractivity (Wildman–Crippen MR) is 333 cm³/mol. The van der Waals surface area contributed by atoms with Gasteiger partial charge in [-0.2, -0.15) is 6.07 Å². The molecule has 0 bridgehead atoms. The third-order valence-electron chi connectivity index (χ3n) is 11.5. The van der Waals surface area contributed by atoms with Gasteiger partial charge in [-0.3, -0.25) is 23.1 Å². The van der Waals surface area contributed by atoms with Crippen molar-refractivity contribution in [2.24, 2.45) is 0 Å². The minimum absolute atomic E-state index is 0. The van der Waals surface area contributed by atoms with Gasteiger partial charge >= 0.3 is 41.9 Å². The van der Waals surface area contributed by atoms with Crippen molar-refractivity contribution in [3.63, 3.8) is 0 Å². The second-order valence-electron chi connectivity index (χ2n) is 20.1. The molecule has 0 radical (unpaired) electrons. The van der Waals surface area contributed by atoms with Crippen LogP contribution in [-0.4, -0.2) is 56.8 Å². The summed E-state index contributed by atoms with van der Waals surface area (Å²) < 4.78 is 64.4. The molecule has 22 heteroatoms. The van der Waals surface area contributed by atoms with Crippen LogP contribution in [0.15, 0.2) is 161 Å². The molecule has 442 valence electrons. The SMILES string of the molecule is CC(C)(C)OC(=O)[C@H](Cc1ccccc1)N(Cc1sccc1-c1cc(F)cc(F)c1)C(=O)c1ccc(Cl)cc1Cl.CC(C)(C)OC(=O)[C@H](Cc1ccccc1)N(Cc1sccc1Br)C(=O)c1ccc(Cl)cc1Cl.F.Fc1c[c-]cc(F)c1.[3HH].[Zn+][Br]. The van der Waals surface area contributed by atoms with Gasteiger partial charge in [-0.1, -0.05) is 107 Å². The van der Waals surface area contributed by atoms with Crippen molar-refractivity contribution >= 4 is 122 Å². The van der Waals surface area contributed by atoms with Gasteiger partial charge < -0.3 is 19.3 Å². The molecule has 8 aromatic rings. The molecule has 84 heavy (non-hydrogen) atoms. The molecule has 2 atom stereocenters. The number of hydrogen-bond acceptors (Lipinski definition) is 8. The number of amides is 2. The van der Waals surface area contributed by atoms with Crippen molar-refractivity contribution in [3.8, 4) is 11.1 Å². The number of ether oxygens (including phenoxy) is 2. The average Bonchev–Trinajstić information content (AvgIpc) is 3.34. The summed E-state index contributed by atoms with van der Waals surface area (Å²) in [4.78, 5) is 59.5. The maximum absolute atomic E-state index is 14.1. The summed E-state index contributed by atoms with van der Waals surface area (Å²) in [6, 6.07) is 38.3. The van der Waals surface area contributed by atoms with Gasteiger partial charge in [0.15, 0.2) is 0 Å². The van der Waals surface area contributed by atoms with Gasteiger partial charge in [-0.25, -0.2) is 18.4 Å². The van der Waals surface area contributed by atoms with Crippen LogP contribution in [0.3, 0.4) is 0 Å². The zero-order chi connectivity index (χ0) is 61.2. The molecule has 2 heterocycles. The van der Waals surface area contributed by atoms with Crippen LogP contribution in [-0.2, 0) is 61.3 Å². The molecule has 0 aliphatic heterocycles. The Bertz CT molecular complexity index is 3440. The number of halogens is 11. The van der Waals surface area contributed by atoms with E-state index in [-0.39, 0.29) is 52.7 Å². The summed E-state index contributed by atoms with van der Waals surface area (Å²) in [7, 11) is 0. The van der Waals surface area contributed by atoms with E-state index in [1.165, 1.54) is 79.1 Å². The Morgan fingerprint density at radius 3 is 1.33 bits per heavy atom. The monoisotopic (exact) mass is 1450 g/mol. The van der Waals surface area contributed by atoms with E-state index in [1.807, 2.05) is 92.9 Å². The Kier molecular flexibility index (Phi) is 28.7. The molecular weight excluding hydrogens is 1390 g/mol. The second kappa shape index (κ2) is 33.8. The van der Waals surface area contributed by atoms with Crippen molar-refractivity contribution in [1.29, 1.82) is 0 Å². The molecular formula is C62H57Br2Cl4F5N2O6S2Zn. The van der Waals surface area contributed by atoms with Crippen molar-refractivity contribution in [2.45, 2.75) is 90.8 Å². The molecule has 0 aliphatic carbocycles. The molecule has 0 unspecified atom stereocenters. The Morgan fingerprint density at radius 2 is 0.964 bits per heavy atom.